The molecule has 4 nitrogen and oxygen atoms in total. The number of hydrogen-bond acceptors (Lipinski definition) is 3. The SMILES string of the molecule is C[C@@H]1C[C@H](CNS(=O)(=O)Cc2cccc(C(F)(F)F)c2)CCO1. The molecule has 0 unspecified atom stereocenters. The lowest BCUT2D eigenvalue weighted by molar-refractivity contribution is -0.137. The van der Waals surface area contributed by atoms with E-state index in [1.54, 1.807) is 0 Å². The first kappa shape index (κ1) is 18.2. The molecule has 0 saturated carbocycles. The zero-order valence-electron chi connectivity index (χ0n) is 12.8. The van der Waals surface area contributed by atoms with E-state index in [9.17, 15) is 21.6 Å². The van der Waals surface area contributed by atoms with Crippen molar-refractivity contribution in [1.82, 2.24) is 4.72 Å². The lowest BCUT2D eigenvalue weighted by Crippen LogP contribution is -2.34. The Labute approximate surface area is 134 Å². The summed E-state index contributed by atoms with van der Waals surface area (Å²) < 4.78 is 70.0. The van der Waals surface area contributed by atoms with Crippen molar-refractivity contribution in [3.63, 3.8) is 0 Å². The summed E-state index contributed by atoms with van der Waals surface area (Å²) >= 11 is 0. The molecule has 8 heteroatoms. The van der Waals surface area contributed by atoms with Gasteiger partial charge in [-0.05, 0) is 37.3 Å². The number of rotatable bonds is 5. The molecule has 1 aliphatic rings. The number of hydrogen-bond donors (Lipinski definition) is 1. The molecule has 0 spiro atoms. The Hall–Kier alpha value is -1.12. The molecule has 1 fully saturated rings. The van der Waals surface area contributed by atoms with Crippen LogP contribution in [0.4, 0.5) is 13.2 Å². The van der Waals surface area contributed by atoms with Crippen molar-refractivity contribution < 1.29 is 26.3 Å². The highest BCUT2D eigenvalue weighted by Crippen LogP contribution is 2.29. The first-order valence-electron chi connectivity index (χ1n) is 7.41. The summed E-state index contributed by atoms with van der Waals surface area (Å²) in [6, 6.07) is 4.39. The van der Waals surface area contributed by atoms with Gasteiger partial charge in [0.05, 0.1) is 17.4 Å². The van der Waals surface area contributed by atoms with Crippen LogP contribution < -0.4 is 4.72 Å². The Morgan fingerprint density at radius 3 is 2.74 bits per heavy atom. The fraction of sp³-hybridized carbons (Fsp3) is 0.600. The molecule has 0 aromatic heterocycles. The van der Waals surface area contributed by atoms with Gasteiger partial charge in [-0.25, -0.2) is 13.1 Å². The van der Waals surface area contributed by atoms with E-state index in [-0.39, 0.29) is 24.1 Å². The summed E-state index contributed by atoms with van der Waals surface area (Å²) in [6.07, 6.45) is -2.84. The number of benzene rings is 1. The van der Waals surface area contributed by atoms with E-state index in [1.807, 2.05) is 6.92 Å². The van der Waals surface area contributed by atoms with Gasteiger partial charge in [0.15, 0.2) is 0 Å². The third-order valence-electron chi connectivity index (χ3n) is 3.80. The molecular formula is C15H20F3NO3S. The summed E-state index contributed by atoms with van der Waals surface area (Å²) in [5, 5.41) is 0. The minimum atomic E-state index is -4.48. The van der Waals surface area contributed by atoms with Crippen LogP contribution in [0, 0.1) is 5.92 Å². The standard InChI is InChI=1S/C15H20F3NO3S/c1-11-7-12(5-6-22-11)9-19-23(20,21)10-13-3-2-4-14(8-13)15(16,17)18/h2-4,8,11-12,19H,5-7,9-10H2,1H3/t11-,12-/m1/s1. The predicted octanol–water partition coefficient (Wildman–Crippen LogP) is 2.94. The minimum absolute atomic E-state index is 0.0988. The molecule has 2 rings (SSSR count). The number of alkyl halides is 3. The smallest absolute Gasteiger partial charge is 0.378 e. The van der Waals surface area contributed by atoms with Crippen molar-refractivity contribution in [3.8, 4) is 0 Å². The fourth-order valence-electron chi connectivity index (χ4n) is 2.63. The van der Waals surface area contributed by atoms with Gasteiger partial charge in [-0.2, -0.15) is 13.2 Å². The van der Waals surface area contributed by atoms with E-state index in [0.717, 1.165) is 25.0 Å². The van der Waals surface area contributed by atoms with E-state index in [4.69, 9.17) is 4.74 Å². The average molecular weight is 351 g/mol. The molecule has 1 aliphatic heterocycles. The second-order valence-electron chi connectivity index (χ2n) is 5.88. The van der Waals surface area contributed by atoms with Crippen LogP contribution in [-0.2, 0) is 26.7 Å². The van der Waals surface area contributed by atoms with Crippen LogP contribution in [0.3, 0.4) is 0 Å². The first-order valence-corrected chi connectivity index (χ1v) is 9.06. The lowest BCUT2D eigenvalue weighted by Gasteiger charge is -2.27. The van der Waals surface area contributed by atoms with Crippen molar-refractivity contribution in [2.45, 2.75) is 37.8 Å². The lowest BCUT2D eigenvalue weighted by atomic mass is 9.97. The van der Waals surface area contributed by atoms with E-state index in [2.05, 4.69) is 4.72 Å². The summed E-state index contributed by atoms with van der Waals surface area (Å²) in [4.78, 5) is 0. The number of halogens is 3. The number of sulfonamides is 1. The highest BCUT2D eigenvalue weighted by Gasteiger charge is 2.30. The second kappa shape index (κ2) is 7.19. The zero-order chi connectivity index (χ0) is 17.1. The molecule has 1 saturated heterocycles. The van der Waals surface area contributed by atoms with Crippen molar-refractivity contribution in [1.29, 1.82) is 0 Å². The number of nitrogens with one attached hydrogen (secondary N) is 1. The van der Waals surface area contributed by atoms with Gasteiger partial charge in [-0.1, -0.05) is 18.2 Å². The van der Waals surface area contributed by atoms with Crippen LogP contribution in [0.15, 0.2) is 24.3 Å². The molecule has 0 aliphatic carbocycles. The van der Waals surface area contributed by atoms with E-state index >= 15 is 0 Å². The predicted molar refractivity (Wildman–Crippen MR) is 80.2 cm³/mol. The highest BCUT2D eigenvalue weighted by atomic mass is 32.2. The van der Waals surface area contributed by atoms with Crippen molar-refractivity contribution in [3.05, 3.63) is 35.4 Å². The van der Waals surface area contributed by atoms with Gasteiger partial charge in [0.25, 0.3) is 0 Å². The summed E-state index contributed by atoms with van der Waals surface area (Å²) in [5.74, 6) is -0.273. The van der Waals surface area contributed by atoms with Crippen molar-refractivity contribution >= 4 is 10.0 Å². The third kappa shape index (κ3) is 5.78. The van der Waals surface area contributed by atoms with Gasteiger partial charge >= 0.3 is 6.18 Å². The maximum atomic E-state index is 12.7. The summed E-state index contributed by atoms with van der Waals surface area (Å²) in [6.45, 7) is 2.82. The minimum Gasteiger partial charge on any atom is -0.378 e. The van der Waals surface area contributed by atoms with Gasteiger partial charge in [0.2, 0.25) is 10.0 Å². The van der Waals surface area contributed by atoms with Gasteiger partial charge < -0.3 is 4.74 Å². The first-order chi connectivity index (χ1) is 10.7. The van der Waals surface area contributed by atoms with Crippen LogP contribution in [0.1, 0.15) is 30.9 Å². The van der Waals surface area contributed by atoms with E-state index in [1.165, 1.54) is 12.1 Å². The maximum Gasteiger partial charge on any atom is 0.416 e. The Balaban J connectivity index is 1.95. The fourth-order valence-corrected chi connectivity index (χ4v) is 3.84. The molecule has 23 heavy (non-hydrogen) atoms. The molecule has 0 radical (unpaired) electrons. The third-order valence-corrected chi connectivity index (χ3v) is 5.12. The molecule has 0 bridgehead atoms. The van der Waals surface area contributed by atoms with Gasteiger partial charge in [-0.3, -0.25) is 0 Å². The molecule has 2 atom stereocenters. The van der Waals surface area contributed by atoms with Crippen molar-refractivity contribution in [2.75, 3.05) is 13.2 Å². The Bertz CT molecular complexity index is 631. The van der Waals surface area contributed by atoms with E-state index < -0.39 is 27.5 Å². The second-order valence-corrected chi connectivity index (χ2v) is 7.68. The Morgan fingerprint density at radius 2 is 2.09 bits per heavy atom. The molecule has 1 heterocycles. The van der Waals surface area contributed by atoms with E-state index in [0.29, 0.717) is 6.61 Å². The molecule has 130 valence electrons. The molecular weight excluding hydrogens is 331 g/mol. The molecule has 1 aromatic carbocycles. The van der Waals surface area contributed by atoms with Crippen LogP contribution in [0.25, 0.3) is 0 Å². The number of ether oxygens (including phenoxy) is 1. The summed E-state index contributed by atoms with van der Waals surface area (Å²) in [7, 11) is -3.67. The molecule has 1 N–H and O–H groups in total. The van der Waals surface area contributed by atoms with Crippen LogP contribution in [0.5, 0.6) is 0 Å². The van der Waals surface area contributed by atoms with Gasteiger partial charge in [-0.15, -0.1) is 0 Å². The maximum absolute atomic E-state index is 12.7. The normalized spacial score (nSPS) is 23.0. The Kier molecular flexibility index (Phi) is 5.70. The monoisotopic (exact) mass is 351 g/mol. The quantitative estimate of drug-likeness (QED) is 0.887. The van der Waals surface area contributed by atoms with Crippen LogP contribution >= 0.6 is 0 Å². The van der Waals surface area contributed by atoms with Crippen LogP contribution in [0.2, 0.25) is 0 Å². The largest absolute Gasteiger partial charge is 0.416 e. The average Bonchev–Trinajstić information content (AvgIpc) is 2.44. The van der Waals surface area contributed by atoms with Gasteiger partial charge in [0.1, 0.15) is 0 Å². The van der Waals surface area contributed by atoms with Crippen molar-refractivity contribution in [2.24, 2.45) is 5.92 Å². The zero-order valence-corrected chi connectivity index (χ0v) is 13.6. The molecule has 0 amide bonds. The van der Waals surface area contributed by atoms with Gasteiger partial charge in [0, 0.05) is 13.2 Å². The molecule has 1 aromatic rings. The summed E-state index contributed by atoms with van der Waals surface area (Å²) in [5.41, 5.74) is -0.726. The highest BCUT2D eigenvalue weighted by molar-refractivity contribution is 7.88. The topological polar surface area (TPSA) is 55.4 Å². The van der Waals surface area contributed by atoms with Crippen LogP contribution in [-0.4, -0.2) is 27.7 Å². The Morgan fingerprint density at radius 1 is 1.35 bits per heavy atom.